The maximum absolute atomic E-state index is 12.8. The largest absolute Gasteiger partial charge is 0.323 e. The van der Waals surface area contributed by atoms with Crippen LogP contribution < -0.4 is 20.7 Å². The minimum absolute atomic E-state index is 0.00116. The highest BCUT2D eigenvalue weighted by molar-refractivity contribution is 7.89. The molecule has 0 fully saturated rings. The fraction of sp³-hybridized carbons (Fsp3) is 0.0909. The summed E-state index contributed by atoms with van der Waals surface area (Å²) in [6, 6.07) is 19.6. The van der Waals surface area contributed by atoms with Crippen molar-refractivity contribution >= 4 is 39.0 Å². The number of anilines is 3. The molecule has 3 rings (SSSR count). The molecule has 9 heteroatoms. The lowest BCUT2D eigenvalue weighted by atomic mass is 10.1. The molecule has 0 saturated heterocycles. The van der Waals surface area contributed by atoms with Crippen LogP contribution in [0.15, 0.2) is 77.7 Å². The van der Waals surface area contributed by atoms with E-state index in [9.17, 15) is 18.0 Å². The summed E-state index contributed by atoms with van der Waals surface area (Å²) >= 11 is 0. The molecule has 0 aliphatic carbocycles. The van der Waals surface area contributed by atoms with Gasteiger partial charge in [-0.25, -0.2) is 17.9 Å². The highest BCUT2D eigenvalue weighted by Crippen LogP contribution is 2.20. The Labute approximate surface area is 180 Å². The Kier molecular flexibility index (Phi) is 6.68. The van der Waals surface area contributed by atoms with Crippen LogP contribution in [0.1, 0.15) is 15.9 Å². The van der Waals surface area contributed by atoms with Gasteiger partial charge >= 0.3 is 6.03 Å². The molecule has 160 valence electrons. The van der Waals surface area contributed by atoms with Crippen LogP contribution in [0.5, 0.6) is 0 Å². The maximum atomic E-state index is 12.8. The number of carbonyl (C=O) groups excluding carboxylic acids is 2. The van der Waals surface area contributed by atoms with E-state index in [1.54, 1.807) is 49.4 Å². The number of para-hydroxylation sites is 1. The second-order valence-corrected chi connectivity index (χ2v) is 8.55. The summed E-state index contributed by atoms with van der Waals surface area (Å²) in [5.74, 6) is -0.462. The van der Waals surface area contributed by atoms with Gasteiger partial charge in [-0.15, -0.1) is 0 Å². The van der Waals surface area contributed by atoms with Gasteiger partial charge in [0.2, 0.25) is 10.0 Å². The van der Waals surface area contributed by atoms with E-state index in [1.165, 1.54) is 19.2 Å². The van der Waals surface area contributed by atoms with E-state index in [-0.39, 0.29) is 10.5 Å². The van der Waals surface area contributed by atoms with Crippen molar-refractivity contribution in [3.63, 3.8) is 0 Å². The number of amides is 3. The normalized spacial score (nSPS) is 10.9. The van der Waals surface area contributed by atoms with Gasteiger partial charge < -0.3 is 16.0 Å². The van der Waals surface area contributed by atoms with Gasteiger partial charge in [-0.2, -0.15) is 0 Å². The zero-order valence-electron chi connectivity index (χ0n) is 17.0. The Balaban J connectivity index is 1.73. The lowest BCUT2D eigenvalue weighted by Crippen LogP contribution is -2.20. The summed E-state index contributed by atoms with van der Waals surface area (Å²) < 4.78 is 26.3. The molecule has 0 spiro atoms. The van der Waals surface area contributed by atoms with Crippen LogP contribution >= 0.6 is 0 Å². The quantitative estimate of drug-likeness (QED) is 0.468. The fourth-order valence-electron chi connectivity index (χ4n) is 2.82. The molecule has 0 unspecified atom stereocenters. The SMILES string of the molecule is CNS(=O)(=O)c1ccc(C)c(C(=O)Nc2cccc(NC(=O)Nc3ccccc3)c2)c1. The molecule has 0 aromatic heterocycles. The molecule has 31 heavy (non-hydrogen) atoms. The topological polar surface area (TPSA) is 116 Å². The van der Waals surface area contributed by atoms with Crippen molar-refractivity contribution in [2.45, 2.75) is 11.8 Å². The summed E-state index contributed by atoms with van der Waals surface area (Å²) in [5, 5.41) is 8.15. The van der Waals surface area contributed by atoms with Crippen molar-refractivity contribution in [2.24, 2.45) is 0 Å². The Morgan fingerprint density at radius 1 is 0.742 bits per heavy atom. The number of urea groups is 1. The number of hydrogen-bond acceptors (Lipinski definition) is 4. The van der Waals surface area contributed by atoms with Gasteiger partial charge in [0, 0.05) is 22.6 Å². The molecule has 0 aliphatic rings. The molecule has 0 saturated carbocycles. The van der Waals surface area contributed by atoms with Gasteiger partial charge in [0.05, 0.1) is 4.90 Å². The zero-order valence-corrected chi connectivity index (χ0v) is 17.8. The number of benzene rings is 3. The third kappa shape index (κ3) is 5.68. The first-order chi connectivity index (χ1) is 14.8. The van der Waals surface area contributed by atoms with Crippen LogP contribution in [0.3, 0.4) is 0 Å². The van der Waals surface area contributed by atoms with Gasteiger partial charge in [0.1, 0.15) is 0 Å². The van der Waals surface area contributed by atoms with E-state index in [0.717, 1.165) is 0 Å². The maximum Gasteiger partial charge on any atom is 0.323 e. The summed E-state index contributed by atoms with van der Waals surface area (Å²) in [4.78, 5) is 24.9. The van der Waals surface area contributed by atoms with Crippen molar-refractivity contribution in [1.29, 1.82) is 0 Å². The van der Waals surface area contributed by atoms with E-state index in [0.29, 0.717) is 22.6 Å². The highest BCUT2D eigenvalue weighted by Gasteiger charge is 2.17. The zero-order chi connectivity index (χ0) is 22.4. The molecular weight excluding hydrogens is 416 g/mol. The first-order valence-corrected chi connectivity index (χ1v) is 10.9. The minimum Gasteiger partial charge on any atom is -0.322 e. The van der Waals surface area contributed by atoms with Crippen LogP contribution in [-0.4, -0.2) is 27.4 Å². The van der Waals surface area contributed by atoms with Crippen LogP contribution in [0.2, 0.25) is 0 Å². The monoisotopic (exact) mass is 438 g/mol. The lowest BCUT2D eigenvalue weighted by molar-refractivity contribution is 0.102. The third-order valence-electron chi connectivity index (χ3n) is 4.44. The Morgan fingerprint density at radius 2 is 1.35 bits per heavy atom. The summed E-state index contributed by atoms with van der Waals surface area (Å²) in [5.41, 5.74) is 2.44. The van der Waals surface area contributed by atoms with Gasteiger partial charge in [-0.05, 0) is 62.0 Å². The summed E-state index contributed by atoms with van der Waals surface area (Å²) in [6.07, 6.45) is 0. The first-order valence-electron chi connectivity index (χ1n) is 9.37. The molecule has 4 N–H and O–H groups in total. The van der Waals surface area contributed by atoms with E-state index in [2.05, 4.69) is 20.7 Å². The number of aryl methyl sites for hydroxylation is 1. The molecule has 0 bridgehead atoms. The molecule has 3 aromatic carbocycles. The molecule has 3 aromatic rings. The van der Waals surface area contributed by atoms with Crippen LogP contribution in [-0.2, 0) is 10.0 Å². The summed E-state index contributed by atoms with van der Waals surface area (Å²) in [7, 11) is -2.37. The Hall–Kier alpha value is -3.69. The predicted molar refractivity (Wildman–Crippen MR) is 121 cm³/mol. The molecule has 8 nitrogen and oxygen atoms in total. The van der Waals surface area contributed by atoms with E-state index >= 15 is 0 Å². The molecule has 0 heterocycles. The number of sulfonamides is 1. The smallest absolute Gasteiger partial charge is 0.322 e. The number of carbonyl (C=O) groups is 2. The number of hydrogen-bond donors (Lipinski definition) is 4. The fourth-order valence-corrected chi connectivity index (χ4v) is 3.57. The minimum atomic E-state index is -3.67. The highest BCUT2D eigenvalue weighted by atomic mass is 32.2. The van der Waals surface area contributed by atoms with Crippen molar-refractivity contribution in [1.82, 2.24) is 4.72 Å². The molecule has 3 amide bonds. The summed E-state index contributed by atoms with van der Waals surface area (Å²) in [6.45, 7) is 1.72. The van der Waals surface area contributed by atoms with Crippen molar-refractivity contribution < 1.29 is 18.0 Å². The van der Waals surface area contributed by atoms with Crippen molar-refractivity contribution in [3.8, 4) is 0 Å². The average Bonchev–Trinajstić information content (AvgIpc) is 2.74. The Morgan fingerprint density at radius 3 is 2.03 bits per heavy atom. The Bertz CT molecular complexity index is 1210. The van der Waals surface area contributed by atoms with Crippen LogP contribution in [0.25, 0.3) is 0 Å². The number of rotatable bonds is 6. The molecule has 0 aliphatic heterocycles. The van der Waals surface area contributed by atoms with Crippen LogP contribution in [0, 0.1) is 6.92 Å². The standard InChI is InChI=1S/C22H22N4O4S/c1-15-11-12-19(31(29,30)23-2)14-20(15)21(27)24-17-9-6-10-18(13-17)26-22(28)25-16-7-4-3-5-8-16/h3-14,23H,1-2H3,(H,24,27)(H2,25,26,28). The predicted octanol–water partition coefficient (Wildman–Crippen LogP) is 3.80. The van der Waals surface area contributed by atoms with E-state index in [4.69, 9.17) is 0 Å². The average molecular weight is 439 g/mol. The van der Waals surface area contributed by atoms with Crippen molar-refractivity contribution in [2.75, 3.05) is 23.0 Å². The van der Waals surface area contributed by atoms with Gasteiger partial charge in [0.25, 0.3) is 5.91 Å². The lowest BCUT2D eigenvalue weighted by Gasteiger charge is -2.12. The van der Waals surface area contributed by atoms with Gasteiger partial charge in [0.15, 0.2) is 0 Å². The second kappa shape index (κ2) is 9.41. The molecule has 0 radical (unpaired) electrons. The third-order valence-corrected chi connectivity index (χ3v) is 5.85. The van der Waals surface area contributed by atoms with Crippen LogP contribution in [0.4, 0.5) is 21.9 Å². The second-order valence-electron chi connectivity index (χ2n) is 6.66. The van der Waals surface area contributed by atoms with Crippen molar-refractivity contribution in [3.05, 3.63) is 83.9 Å². The number of nitrogens with one attached hydrogen (secondary N) is 4. The van der Waals surface area contributed by atoms with Gasteiger partial charge in [-0.1, -0.05) is 30.3 Å². The van der Waals surface area contributed by atoms with E-state index < -0.39 is 22.0 Å². The van der Waals surface area contributed by atoms with Gasteiger partial charge in [-0.3, -0.25) is 4.79 Å². The molecule has 0 atom stereocenters. The molecular formula is C22H22N4O4S. The van der Waals surface area contributed by atoms with E-state index in [1.807, 2.05) is 18.2 Å². The first kappa shape index (κ1) is 22.0.